The molecule has 0 amide bonds. The Hall–Kier alpha value is -1.75. The standard InChI is InChI=1S/C29H42O5/c1-15(17(3)27(33)34)7-8-16(2)19-9-10-20-25-23(31)13-21-18(4)22(30)11-12-28(21,5)26(25)24(32)14-29(19,20)6/h16-22,30H,1,7-14H2,2-6H3,(H,33,34)/t16-,17?,18+,19-,20+,21+,22-,28+,29-/m1/s1. The molecule has 34 heavy (non-hydrogen) atoms. The molecule has 0 radical (unpaired) electrons. The molecule has 0 aromatic heterocycles. The highest BCUT2D eigenvalue weighted by Crippen LogP contribution is 2.65. The first kappa shape index (κ1) is 25.3. The smallest absolute Gasteiger partial charge is 0.310 e. The van der Waals surface area contributed by atoms with Gasteiger partial charge in [0.1, 0.15) is 0 Å². The third kappa shape index (κ3) is 3.73. The first-order chi connectivity index (χ1) is 15.8. The molecule has 4 rings (SSSR count). The van der Waals surface area contributed by atoms with Crippen molar-refractivity contribution in [2.45, 2.75) is 92.1 Å². The molecule has 2 N–H and O–H groups in total. The molecule has 9 atom stereocenters. The number of rotatable bonds is 6. The number of fused-ring (bicyclic) bond motifs is 4. The number of aliphatic hydroxyl groups is 1. The number of carbonyl (C=O) groups excluding carboxylic acids is 2. The van der Waals surface area contributed by atoms with Gasteiger partial charge in [-0.25, -0.2) is 0 Å². The molecule has 0 bridgehead atoms. The average molecular weight is 471 g/mol. The van der Waals surface area contributed by atoms with Gasteiger partial charge in [0, 0.05) is 29.4 Å². The lowest BCUT2D eigenvalue weighted by Crippen LogP contribution is -2.53. The summed E-state index contributed by atoms with van der Waals surface area (Å²) in [6, 6.07) is 0. The number of hydrogen-bond acceptors (Lipinski definition) is 4. The number of Topliss-reactive ketones (excluding diaryl/α,β-unsaturated/α-hetero) is 2. The zero-order valence-electron chi connectivity index (χ0n) is 21.5. The molecule has 188 valence electrons. The van der Waals surface area contributed by atoms with E-state index in [4.69, 9.17) is 0 Å². The largest absolute Gasteiger partial charge is 0.481 e. The summed E-state index contributed by atoms with van der Waals surface area (Å²) in [6.45, 7) is 14.3. The highest BCUT2D eigenvalue weighted by atomic mass is 16.4. The van der Waals surface area contributed by atoms with Crippen molar-refractivity contribution in [3.05, 3.63) is 23.3 Å². The molecule has 2 fully saturated rings. The molecule has 0 aliphatic heterocycles. The predicted molar refractivity (Wildman–Crippen MR) is 131 cm³/mol. The Balaban J connectivity index is 1.61. The average Bonchev–Trinajstić information content (AvgIpc) is 3.11. The Morgan fingerprint density at radius 3 is 2.47 bits per heavy atom. The first-order valence-electron chi connectivity index (χ1n) is 13.2. The molecule has 0 aromatic carbocycles. The maximum atomic E-state index is 13.8. The monoisotopic (exact) mass is 470 g/mol. The minimum atomic E-state index is -0.838. The molecule has 4 aliphatic carbocycles. The predicted octanol–water partition coefficient (Wildman–Crippen LogP) is 5.37. The van der Waals surface area contributed by atoms with Crippen LogP contribution in [0.3, 0.4) is 0 Å². The third-order valence-corrected chi connectivity index (χ3v) is 10.7. The Morgan fingerprint density at radius 2 is 1.82 bits per heavy atom. The van der Waals surface area contributed by atoms with Gasteiger partial charge in [-0.3, -0.25) is 14.4 Å². The maximum Gasteiger partial charge on any atom is 0.310 e. The maximum absolute atomic E-state index is 13.8. The topological polar surface area (TPSA) is 91.7 Å². The fourth-order valence-electron chi connectivity index (χ4n) is 8.43. The lowest BCUT2D eigenvalue weighted by molar-refractivity contribution is -0.140. The van der Waals surface area contributed by atoms with Gasteiger partial charge >= 0.3 is 5.97 Å². The van der Waals surface area contributed by atoms with Crippen LogP contribution in [0.5, 0.6) is 0 Å². The van der Waals surface area contributed by atoms with E-state index in [1.165, 1.54) is 0 Å². The van der Waals surface area contributed by atoms with Crippen LogP contribution in [-0.2, 0) is 14.4 Å². The van der Waals surface area contributed by atoms with E-state index >= 15 is 0 Å². The Kier molecular flexibility index (Phi) is 6.50. The lowest BCUT2D eigenvalue weighted by Gasteiger charge is -2.55. The quantitative estimate of drug-likeness (QED) is 0.509. The molecule has 5 nitrogen and oxygen atoms in total. The van der Waals surface area contributed by atoms with Crippen LogP contribution in [0.1, 0.15) is 86.0 Å². The molecule has 0 saturated heterocycles. The summed E-state index contributed by atoms with van der Waals surface area (Å²) >= 11 is 0. The summed E-state index contributed by atoms with van der Waals surface area (Å²) < 4.78 is 0. The summed E-state index contributed by atoms with van der Waals surface area (Å²) in [6.07, 6.45) is 5.46. The lowest BCUT2D eigenvalue weighted by atomic mass is 9.48. The van der Waals surface area contributed by atoms with Crippen molar-refractivity contribution in [1.82, 2.24) is 0 Å². The fraction of sp³-hybridized carbons (Fsp3) is 0.759. The zero-order chi connectivity index (χ0) is 25.2. The van der Waals surface area contributed by atoms with Crippen molar-refractivity contribution in [2.75, 3.05) is 0 Å². The number of carboxylic acid groups (broad SMARTS) is 1. The molecule has 0 aromatic rings. The van der Waals surface area contributed by atoms with Crippen LogP contribution >= 0.6 is 0 Å². The van der Waals surface area contributed by atoms with Crippen molar-refractivity contribution >= 4 is 17.5 Å². The van der Waals surface area contributed by atoms with E-state index in [-0.39, 0.29) is 40.2 Å². The van der Waals surface area contributed by atoms with E-state index in [2.05, 4.69) is 27.4 Å². The number of hydrogen-bond donors (Lipinski definition) is 2. The van der Waals surface area contributed by atoms with Crippen molar-refractivity contribution in [3.8, 4) is 0 Å². The van der Waals surface area contributed by atoms with Gasteiger partial charge in [0.25, 0.3) is 0 Å². The molecular formula is C29H42O5. The fourth-order valence-corrected chi connectivity index (χ4v) is 8.43. The number of carbonyl (C=O) groups is 3. The molecule has 4 aliphatic rings. The summed E-state index contributed by atoms with van der Waals surface area (Å²) in [7, 11) is 0. The minimum Gasteiger partial charge on any atom is -0.481 e. The molecule has 0 spiro atoms. The minimum absolute atomic E-state index is 0.0236. The Labute approximate surface area is 204 Å². The van der Waals surface area contributed by atoms with E-state index < -0.39 is 18.0 Å². The van der Waals surface area contributed by atoms with Crippen molar-refractivity contribution in [2.24, 2.45) is 46.3 Å². The number of ketones is 2. The Morgan fingerprint density at radius 1 is 1.15 bits per heavy atom. The Bertz CT molecular complexity index is 946. The second-order valence-corrected chi connectivity index (χ2v) is 12.5. The van der Waals surface area contributed by atoms with Crippen molar-refractivity contribution < 1.29 is 24.6 Å². The highest BCUT2D eigenvalue weighted by molar-refractivity contribution is 6.10. The van der Waals surface area contributed by atoms with Gasteiger partial charge < -0.3 is 10.2 Å². The van der Waals surface area contributed by atoms with E-state index in [1.54, 1.807) is 6.92 Å². The van der Waals surface area contributed by atoms with Crippen LogP contribution in [0.25, 0.3) is 0 Å². The van der Waals surface area contributed by atoms with E-state index in [1.807, 2.05) is 6.92 Å². The normalized spacial score (nSPS) is 41.4. The number of allylic oxidation sites excluding steroid dienone is 2. The van der Waals surface area contributed by atoms with Gasteiger partial charge in [0.2, 0.25) is 0 Å². The summed E-state index contributed by atoms with van der Waals surface area (Å²) in [4.78, 5) is 38.7. The molecular weight excluding hydrogens is 428 g/mol. The molecule has 2 saturated carbocycles. The summed E-state index contributed by atoms with van der Waals surface area (Å²) in [5.41, 5.74) is 1.85. The summed E-state index contributed by atoms with van der Waals surface area (Å²) in [5.74, 6) is -0.252. The van der Waals surface area contributed by atoms with Crippen LogP contribution in [0.15, 0.2) is 23.3 Å². The van der Waals surface area contributed by atoms with Crippen LogP contribution in [0.2, 0.25) is 0 Å². The first-order valence-corrected chi connectivity index (χ1v) is 13.2. The van der Waals surface area contributed by atoms with Crippen LogP contribution in [0.4, 0.5) is 0 Å². The van der Waals surface area contributed by atoms with Crippen LogP contribution in [-0.4, -0.2) is 33.9 Å². The third-order valence-electron chi connectivity index (χ3n) is 10.7. The van der Waals surface area contributed by atoms with Gasteiger partial charge in [-0.2, -0.15) is 0 Å². The summed E-state index contributed by atoms with van der Waals surface area (Å²) in [5, 5.41) is 19.7. The zero-order valence-corrected chi connectivity index (χ0v) is 21.5. The van der Waals surface area contributed by atoms with Crippen molar-refractivity contribution in [3.63, 3.8) is 0 Å². The van der Waals surface area contributed by atoms with E-state index in [9.17, 15) is 24.6 Å². The SMILES string of the molecule is C=C(CC[C@@H](C)[C@H]1CC[C@H]2C3=C(C(=O)C[C@]12C)[C@@]1(C)CC[C@@H](O)[C@@H](C)[C@@H]1CC3=O)C(C)C(=O)O. The molecule has 1 unspecified atom stereocenters. The van der Waals surface area contributed by atoms with Gasteiger partial charge in [0.15, 0.2) is 11.6 Å². The van der Waals surface area contributed by atoms with Gasteiger partial charge in [0.05, 0.1) is 12.0 Å². The number of aliphatic carboxylic acids is 1. The number of carboxylic acids is 1. The van der Waals surface area contributed by atoms with Crippen LogP contribution < -0.4 is 0 Å². The molecule has 0 heterocycles. The highest BCUT2D eigenvalue weighted by Gasteiger charge is 2.61. The van der Waals surface area contributed by atoms with Gasteiger partial charge in [-0.1, -0.05) is 39.8 Å². The second-order valence-electron chi connectivity index (χ2n) is 12.5. The van der Waals surface area contributed by atoms with Crippen molar-refractivity contribution in [1.29, 1.82) is 0 Å². The molecule has 5 heteroatoms. The number of aliphatic hydroxyl groups excluding tert-OH is 1. The van der Waals surface area contributed by atoms with Crippen LogP contribution in [0, 0.1) is 46.3 Å². The van der Waals surface area contributed by atoms with E-state index in [0.29, 0.717) is 37.5 Å². The van der Waals surface area contributed by atoms with Gasteiger partial charge in [-0.05, 0) is 80.5 Å². The van der Waals surface area contributed by atoms with E-state index in [0.717, 1.165) is 42.4 Å². The van der Waals surface area contributed by atoms with Gasteiger partial charge in [-0.15, -0.1) is 0 Å². The second kappa shape index (κ2) is 8.72.